The number of nitrogens with one attached hydrogen (secondary N) is 1. The van der Waals surface area contributed by atoms with E-state index in [1.54, 1.807) is 36.1 Å². The maximum Gasteiger partial charge on any atom is 0.310 e. The average molecular weight is 380 g/mol. The second-order valence-electron chi connectivity index (χ2n) is 7.10. The van der Waals surface area contributed by atoms with Crippen LogP contribution >= 0.6 is 0 Å². The number of aryl methyl sites for hydroxylation is 1. The number of rotatable bonds is 6. The maximum absolute atomic E-state index is 12.6. The van der Waals surface area contributed by atoms with Crippen LogP contribution < -0.4 is 10.2 Å². The van der Waals surface area contributed by atoms with Crippen LogP contribution in [0, 0.1) is 5.92 Å². The Morgan fingerprint density at radius 1 is 1.14 bits per heavy atom. The van der Waals surface area contributed by atoms with Crippen LogP contribution in [0.1, 0.15) is 37.3 Å². The Morgan fingerprint density at radius 3 is 2.36 bits per heavy atom. The first-order chi connectivity index (χ1) is 13.4. The molecule has 2 atom stereocenters. The summed E-state index contributed by atoms with van der Waals surface area (Å²) in [6.45, 7) is 4.04. The molecule has 146 valence electrons. The number of carbonyl (C=O) groups excluding carboxylic acids is 2. The highest BCUT2D eigenvalue weighted by Gasteiger charge is 2.35. The average Bonchev–Trinajstić information content (AvgIpc) is 3.10. The molecule has 1 aliphatic heterocycles. The number of hydrogen-bond acceptors (Lipinski definition) is 3. The summed E-state index contributed by atoms with van der Waals surface area (Å²) in [5.41, 5.74) is 3.27. The van der Waals surface area contributed by atoms with Gasteiger partial charge in [-0.15, -0.1) is 0 Å². The molecular formula is C22H24N2O4. The van der Waals surface area contributed by atoms with Crippen molar-refractivity contribution in [3.05, 3.63) is 59.7 Å². The molecule has 0 saturated carbocycles. The number of benzene rings is 2. The standard InChI is InChI=1S/C22H24N2O4/c1-3-15-4-10-19(11-5-15)24-13-17(12-20(24)25)21(26)23-18-8-6-16(7-9-18)14(2)22(27)28/h4-11,14,17H,3,12-13H2,1-2H3,(H,23,26)(H,27,28). The third-order valence-electron chi connectivity index (χ3n) is 5.20. The van der Waals surface area contributed by atoms with E-state index in [4.69, 9.17) is 5.11 Å². The SMILES string of the molecule is CCc1ccc(N2CC(C(=O)Nc3ccc(C(C)C(=O)O)cc3)CC2=O)cc1. The predicted octanol–water partition coefficient (Wildman–Crippen LogP) is 3.43. The first-order valence-electron chi connectivity index (χ1n) is 9.42. The van der Waals surface area contributed by atoms with Crippen molar-refractivity contribution < 1.29 is 19.5 Å². The molecule has 0 spiro atoms. The second kappa shape index (κ2) is 8.25. The summed E-state index contributed by atoms with van der Waals surface area (Å²) < 4.78 is 0. The topological polar surface area (TPSA) is 86.7 Å². The third-order valence-corrected chi connectivity index (χ3v) is 5.20. The molecule has 1 saturated heterocycles. The third kappa shape index (κ3) is 4.22. The van der Waals surface area contributed by atoms with E-state index in [0.717, 1.165) is 12.1 Å². The van der Waals surface area contributed by atoms with Crippen molar-refractivity contribution in [3.8, 4) is 0 Å². The maximum atomic E-state index is 12.6. The van der Waals surface area contributed by atoms with E-state index in [0.29, 0.717) is 17.8 Å². The molecule has 2 N–H and O–H groups in total. The van der Waals surface area contributed by atoms with E-state index in [2.05, 4.69) is 12.2 Å². The van der Waals surface area contributed by atoms with Crippen LogP contribution in [-0.4, -0.2) is 29.4 Å². The van der Waals surface area contributed by atoms with Gasteiger partial charge in [0.25, 0.3) is 0 Å². The smallest absolute Gasteiger partial charge is 0.310 e. The van der Waals surface area contributed by atoms with Crippen LogP contribution in [0.4, 0.5) is 11.4 Å². The molecule has 1 fully saturated rings. The van der Waals surface area contributed by atoms with Crippen molar-refractivity contribution in [1.29, 1.82) is 0 Å². The van der Waals surface area contributed by atoms with Crippen LogP contribution in [0.25, 0.3) is 0 Å². The van der Waals surface area contributed by atoms with E-state index >= 15 is 0 Å². The number of carboxylic acid groups (broad SMARTS) is 1. The number of carboxylic acids is 1. The van der Waals surface area contributed by atoms with Gasteiger partial charge in [-0.25, -0.2) is 0 Å². The van der Waals surface area contributed by atoms with Crippen LogP contribution in [0.3, 0.4) is 0 Å². The minimum atomic E-state index is -0.895. The number of amides is 2. The Bertz CT molecular complexity index is 874. The molecule has 6 heteroatoms. The minimum Gasteiger partial charge on any atom is -0.481 e. The van der Waals surface area contributed by atoms with Crippen molar-refractivity contribution >= 4 is 29.2 Å². The van der Waals surface area contributed by atoms with Gasteiger partial charge >= 0.3 is 5.97 Å². The summed E-state index contributed by atoms with van der Waals surface area (Å²) in [7, 11) is 0. The zero-order chi connectivity index (χ0) is 20.3. The highest BCUT2D eigenvalue weighted by atomic mass is 16.4. The van der Waals surface area contributed by atoms with Crippen LogP contribution in [0.2, 0.25) is 0 Å². The first-order valence-corrected chi connectivity index (χ1v) is 9.42. The largest absolute Gasteiger partial charge is 0.481 e. The molecule has 1 heterocycles. The van der Waals surface area contributed by atoms with Crippen LogP contribution in [0.15, 0.2) is 48.5 Å². The van der Waals surface area contributed by atoms with Gasteiger partial charge in [-0.05, 0) is 48.7 Å². The molecular weight excluding hydrogens is 356 g/mol. The molecule has 1 aliphatic rings. The van der Waals surface area contributed by atoms with Gasteiger partial charge in [-0.1, -0.05) is 31.2 Å². The Balaban J connectivity index is 1.63. The molecule has 0 aliphatic carbocycles. The summed E-state index contributed by atoms with van der Waals surface area (Å²) >= 11 is 0. The fraction of sp³-hybridized carbons (Fsp3) is 0.318. The van der Waals surface area contributed by atoms with E-state index in [1.165, 1.54) is 5.56 Å². The molecule has 2 aromatic rings. The molecule has 3 rings (SSSR count). The van der Waals surface area contributed by atoms with Gasteiger partial charge in [0.15, 0.2) is 0 Å². The van der Waals surface area contributed by atoms with Crippen LogP contribution in [0.5, 0.6) is 0 Å². The molecule has 6 nitrogen and oxygen atoms in total. The number of aliphatic carboxylic acids is 1. The zero-order valence-electron chi connectivity index (χ0n) is 16.0. The van der Waals surface area contributed by atoms with E-state index in [1.807, 2.05) is 24.3 Å². The quantitative estimate of drug-likeness (QED) is 0.804. The van der Waals surface area contributed by atoms with Gasteiger partial charge in [-0.2, -0.15) is 0 Å². The van der Waals surface area contributed by atoms with Crippen molar-refractivity contribution in [1.82, 2.24) is 0 Å². The van der Waals surface area contributed by atoms with Crippen molar-refractivity contribution in [2.24, 2.45) is 5.92 Å². The van der Waals surface area contributed by atoms with Gasteiger partial charge in [0.2, 0.25) is 11.8 Å². The lowest BCUT2D eigenvalue weighted by atomic mass is 10.0. The van der Waals surface area contributed by atoms with E-state index < -0.39 is 17.8 Å². The van der Waals surface area contributed by atoms with Gasteiger partial charge in [0.05, 0.1) is 11.8 Å². The molecule has 2 aromatic carbocycles. The highest BCUT2D eigenvalue weighted by molar-refractivity contribution is 6.03. The summed E-state index contributed by atoms with van der Waals surface area (Å²) in [5, 5.41) is 11.9. The number of nitrogens with zero attached hydrogens (tertiary/aromatic N) is 1. The van der Waals surface area contributed by atoms with Gasteiger partial charge in [0.1, 0.15) is 0 Å². The highest BCUT2D eigenvalue weighted by Crippen LogP contribution is 2.27. The second-order valence-corrected chi connectivity index (χ2v) is 7.10. The van der Waals surface area contributed by atoms with Crippen molar-refractivity contribution in [3.63, 3.8) is 0 Å². The Labute approximate surface area is 164 Å². The van der Waals surface area contributed by atoms with Gasteiger partial charge in [-0.3, -0.25) is 14.4 Å². The summed E-state index contributed by atoms with van der Waals surface area (Å²) in [5.74, 6) is -2.19. The summed E-state index contributed by atoms with van der Waals surface area (Å²) in [6.07, 6.45) is 1.11. The first kappa shape index (κ1) is 19.6. The van der Waals surface area contributed by atoms with Gasteiger partial charge in [0, 0.05) is 24.3 Å². The predicted molar refractivity (Wildman–Crippen MR) is 107 cm³/mol. The van der Waals surface area contributed by atoms with E-state index in [9.17, 15) is 14.4 Å². The summed E-state index contributed by atoms with van der Waals surface area (Å²) in [6, 6.07) is 14.6. The monoisotopic (exact) mass is 380 g/mol. The number of carbonyl (C=O) groups is 3. The van der Waals surface area contributed by atoms with E-state index in [-0.39, 0.29) is 18.2 Å². The normalized spacial score (nSPS) is 17.4. The molecule has 0 radical (unpaired) electrons. The fourth-order valence-corrected chi connectivity index (χ4v) is 3.29. The van der Waals surface area contributed by atoms with Gasteiger partial charge < -0.3 is 15.3 Å². The lowest BCUT2D eigenvalue weighted by molar-refractivity contribution is -0.138. The molecule has 28 heavy (non-hydrogen) atoms. The molecule has 2 amide bonds. The Kier molecular flexibility index (Phi) is 5.78. The minimum absolute atomic E-state index is 0.0602. The van der Waals surface area contributed by atoms with Crippen molar-refractivity contribution in [2.75, 3.05) is 16.8 Å². The Morgan fingerprint density at radius 2 is 1.79 bits per heavy atom. The van der Waals surface area contributed by atoms with Crippen molar-refractivity contribution in [2.45, 2.75) is 32.6 Å². The molecule has 0 aromatic heterocycles. The lowest BCUT2D eigenvalue weighted by Crippen LogP contribution is -2.28. The number of anilines is 2. The van der Waals surface area contributed by atoms with Crippen LogP contribution in [-0.2, 0) is 20.8 Å². The molecule has 0 bridgehead atoms. The molecule has 2 unspecified atom stereocenters. The number of hydrogen-bond donors (Lipinski definition) is 2. The Hall–Kier alpha value is -3.15. The lowest BCUT2D eigenvalue weighted by Gasteiger charge is -2.17. The fourth-order valence-electron chi connectivity index (χ4n) is 3.29. The summed E-state index contributed by atoms with van der Waals surface area (Å²) in [4.78, 5) is 37.6. The zero-order valence-corrected chi connectivity index (χ0v) is 16.0.